The number of fused-ring (bicyclic) bond motifs is 2. The molecule has 0 radical (unpaired) electrons. The molecule has 284 valence electrons. The molecule has 3 aromatic heterocycles. The normalized spacial score (nSPS) is 17.0. The second kappa shape index (κ2) is 15.7. The minimum absolute atomic E-state index is 0.000402. The summed E-state index contributed by atoms with van der Waals surface area (Å²) < 4.78 is 20.0. The molecule has 54 heavy (non-hydrogen) atoms. The summed E-state index contributed by atoms with van der Waals surface area (Å²) in [5.74, 6) is -5.78. The van der Waals surface area contributed by atoms with Crippen LogP contribution in [-0.4, -0.2) is 87.7 Å². The van der Waals surface area contributed by atoms with E-state index in [4.69, 9.17) is 43.2 Å². The summed E-state index contributed by atoms with van der Waals surface area (Å²) in [6, 6.07) is 6.10. The van der Waals surface area contributed by atoms with Crippen molar-refractivity contribution in [2.75, 3.05) is 11.5 Å². The summed E-state index contributed by atoms with van der Waals surface area (Å²) >= 11 is 8.36. The Morgan fingerprint density at radius 1 is 1.30 bits per heavy atom. The van der Waals surface area contributed by atoms with E-state index in [1.54, 1.807) is 50.6 Å². The number of nitrogens with two attached hydrogens (primary N) is 2. The number of oxime groups is 1. The van der Waals surface area contributed by atoms with Crippen LogP contribution in [0.25, 0.3) is 5.65 Å². The molecule has 7 N–H and O–H groups in total. The zero-order chi connectivity index (χ0) is 39.6. The van der Waals surface area contributed by atoms with Crippen LogP contribution in [0.2, 0.25) is 4.34 Å². The van der Waals surface area contributed by atoms with Gasteiger partial charge in [-0.25, -0.2) is 23.4 Å². The largest absolute Gasteiger partial charge is 0.543 e. The number of nitrogen functional groups attached to an aromatic ring is 2. The van der Waals surface area contributed by atoms with Crippen LogP contribution in [-0.2, 0) is 41.9 Å². The number of thioether (sulfide) groups is 1. The van der Waals surface area contributed by atoms with Gasteiger partial charge in [0.15, 0.2) is 22.8 Å². The fourth-order valence-electron chi connectivity index (χ4n) is 5.64. The van der Waals surface area contributed by atoms with Gasteiger partial charge in [0, 0.05) is 23.3 Å². The van der Waals surface area contributed by atoms with Crippen molar-refractivity contribution in [3.8, 4) is 0 Å². The second-order valence-corrected chi connectivity index (χ2v) is 15.0. The summed E-state index contributed by atoms with van der Waals surface area (Å²) in [7, 11) is 0. The summed E-state index contributed by atoms with van der Waals surface area (Å²) in [4.78, 5) is 69.7. The van der Waals surface area contributed by atoms with Crippen molar-refractivity contribution in [2.45, 2.75) is 44.3 Å². The molecule has 2 atom stereocenters. The highest BCUT2D eigenvalue weighted by atomic mass is 35.5. The Kier molecular flexibility index (Phi) is 11.4. The number of halogens is 2. The highest BCUT2D eigenvalue weighted by Crippen LogP contribution is 2.45. The Hall–Kier alpha value is -5.80. The van der Waals surface area contributed by atoms with E-state index in [1.165, 1.54) is 31.7 Å². The van der Waals surface area contributed by atoms with Crippen LogP contribution >= 0.6 is 34.7 Å². The third kappa shape index (κ3) is 7.77. The van der Waals surface area contributed by atoms with E-state index in [2.05, 4.69) is 10.1 Å². The molecule has 0 saturated carbocycles. The van der Waals surface area contributed by atoms with E-state index in [0.717, 1.165) is 16.2 Å². The zero-order valence-corrected chi connectivity index (χ0v) is 30.7. The van der Waals surface area contributed by atoms with Crippen molar-refractivity contribution < 1.29 is 53.1 Å². The van der Waals surface area contributed by atoms with Gasteiger partial charge in [0.25, 0.3) is 6.47 Å². The van der Waals surface area contributed by atoms with Gasteiger partial charge in [0.1, 0.15) is 34.4 Å². The Balaban J connectivity index is 0.00000181. The van der Waals surface area contributed by atoms with E-state index < -0.39 is 58.5 Å². The number of carbonyl (C=O) groups excluding carboxylic acids is 3. The number of benzene rings is 1. The van der Waals surface area contributed by atoms with Crippen LogP contribution in [0, 0.1) is 17.1 Å². The van der Waals surface area contributed by atoms with E-state index in [9.17, 15) is 33.8 Å². The van der Waals surface area contributed by atoms with Crippen molar-refractivity contribution in [1.82, 2.24) is 19.1 Å². The topological polar surface area (TPSA) is 276 Å². The number of hydrogen-bond donors (Lipinski definition) is 5. The number of ketones is 1. The first-order valence-corrected chi connectivity index (χ1v) is 17.8. The van der Waals surface area contributed by atoms with Crippen molar-refractivity contribution in [3.63, 3.8) is 0 Å². The van der Waals surface area contributed by atoms with Gasteiger partial charge in [-0.2, -0.15) is 0 Å². The van der Waals surface area contributed by atoms with Crippen LogP contribution in [0.1, 0.15) is 37.1 Å². The quantitative estimate of drug-likeness (QED) is 0.0311. The first-order chi connectivity index (χ1) is 25.5. The maximum absolute atomic E-state index is 14.7. The zero-order valence-electron chi connectivity index (χ0n) is 28.3. The predicted octanol–water partition coefficient (Wildman–Crippen LogP) is 0.671. The highest BCUT2D eigenvalue weighted by molar-refractivity contribution is 8.00. The van der Waals surface area contributed by atoms with Crippen molar-refractivity contribution in [3.05, 3.63) is 81.1 Å². The number of anilines is 1. The molecule has 0 bridgehead atoms. The van der Waals surface area contributed by atoms with Crippen LogP contribution in [0.15, 0.2) is 59.3 Å². The van der Waals surface area contributed by atoms with Gasteiger partial charge in [0.2, 0.25) is 11.5 Å². The number of aliphatic carboxylic acids is 2. The summed E-state index contributed by atoms with van der Waals surface area (Å²) in [6.07, 6.45) is 4.77. The number of β-lactam (4-membered cyclic amide) rings is 1. The van der Waals surface area contributed by atoms with E-state index in [-0.39, 0.29) is 57.6 Å². The van der Waals surface area contributed by atoms with E-state index >= 15 is 0 Å². The second-order valence-electron chi connectivity index (χ2n) is 12.3. The number of carboxylic acids is 2. The lowest BCUT2D eigenvalue weighted by Crippen LogP contribution is -2.63. The van der Waals surface area contributed by atoms with Crippen molar-refractivity contribution >= 4 is 87.1 Å². The number of carboxylic acid groups (broad SMARTS) is 3. The van der Waals surface area contributed by atoms with E-state index in [1.807, 2.05) is 0 Å². The van der Waals surface area contributed by atoms with Crippen LogP contribution < -0.4 is 21.1 Å². The van der Waals surface area contributed by atoms with Gasteiger partial charge in [-0.3, -0.25) is 24.7 Å². The molecule has 1 aromatic carbocycles. The lowest BCUT2D eigenvalue weighted by Gasteiger charge is -2.50. The fourth-order valence-corrected chi connectivity index (χ4v) is 7.97. The molecule has 4 aromatic rings. The third-order valence-corrected chi connectivity index (χ3v) is 10.9. The number of imidazole rings is 1. The molecule has 0 unspecified atom stereocenters. The summed E-state index contributed by atoms with van der Waals surface area (Å²) in [6.45, 7) is 2.45. The highest BCUT2D eigenvalue weighted by Gasteiger charge is 2.53. The number of Topliss-reactive ketones (excluding diaryl/α,β-unsaturated/α-hetero) is 1. The summed E-state index contributed by atoms with van der Waals surface area (Å²) in [5, 5.41) is 39.3. The minimum Gasteiger partial charge on any atom is -0.543 e. The molecule has 1 amide bonds. The Bertz CT molecular complexity index is 2270. The molecule has 1 saturated heterocycles. The lowest BCUT2D eigenvalue weighted by molar-refractivity contribution is -0.662. The van der Waals surface area contributed by atoms with Gasteiger partial charge in [-0.05, 0) is 25.5 Å². The number of rotatable bonds is 13. The maximum atomic E-state index is 14.7. The number of amides is 1. The predicted molar refractivity (Wildman–Crippen MR) is 190 cm³/mol. The molecule has 5 heterocycles. The number of aromatic nitrogens is 4. The Morgan fingerprint density at radius 2 is 2.00 bits per heavy atom. The monoisotopic (exact) mass is 803 g/mol. The van der Waals surface area contributed by atoms with Crippen LogP contribution in [0.3, 0.4) is 0 Å². The van der Waals surface area contributed by atoms with Gasteiger partial charge in [-0.1, -0.05) is 40.2 Å². The van der Waals surface area contributed by atoms with Crippen molar-refractivity contribution in [2.24, 2.45) is 16.8 Å². The molecule has 0 spiro atoms. The first kappa shape index (κ1) is 39.4. The van der Waals surface area contributed by atoms with Gasteiger partial charge in [-0.15, -0.1) is 16.3 Å². The van der Waals surface area contributed by atoms with Gasteiger partial charge < -0.3 is 36.4 Å². The van der Waals surface area contributed by atoms with Gasteiger partial charge >= 0.3 is 11.6 Å². The summed E-state index contributed by atoms with van der Waals surface area (Å²) in [5.41, 5.74) is 10.3. The van der Waals surface area contributed by atoms with E-state index in [0.29, 0.717) is 16.8 Å². The average molecular weight is 804 g/mol. The molecular formula is C32H31ClFN9O9S2. The number of thiazole rings is 1. The van der Waals surface area contributed by atoms with Crippen LogP contribution in [0.4, 0.5) is 9.52 Å². The fraction of sp³-hybridized carbons (Fsp3) is 0.281. The number of nitrogens with zero attached hydrogens (tertiary/aromatic N) is 6. The number of carbonyl (C=O) groups is 5. The molecule has 1 fully saturated rings. The number of hydrogen-bond acceptors (Lipinski definition) is 13. The standard InChI is InChI=1S/C31H29ClFN9O7S2.CH2O2/c1-31(2,29(47)48)49-38-21(22-24(32)51-30(36)37-22)19(43)10-17-26(44)42-23(28(45)46)16(13-50-27(17)42)12-40-6-5-20-39(7-8-41(20)40)11-15-4-3-14(25(34)35)9-18(15)33;2-1-3/h3-9,17,27H,10-13H2,1-2H3,(H6-,34,35,36,37,45,46,47,48);1H,(H,2,3)/b38-21+;/t17-,27-;/m1./s1. The van der Waals surface area contributed by atoms with Crippen LogP contribution in [0.5, 0.6) is 0 Å². The third-order valence-electron chi connectivity index (χ3n) is 8.37. The molecular weight excluding hydrogens is 773 g/mol. The van der Waals surface area contributed by atoms with Crippen molar-refractivity contribution in [1.29, 1.82) is 5.41 Å². The van der Waals surface area contributed by atoms with Gasteiger partial charge in [0.05, 0.1) is 41.8 Å². The molecule has 2 aliphatic heterocycles. The Morgan fingerprint density at radius 3 is 2.59 bits per heavy atom. The molecule has 6 rings (SSSR count). The minimum atomic E-state index is -1.82. The average Bonchev–Trinajstić information content (AvgIpc) is 3.79. The SMILES string of the molecule is CC(C)(O/N=C(\C(=O)C[C@@H]1C(=O)N2C(C(=O)[O-])=C(Cn3ccc4n3cc[n+]4Cc3ccc(C(=N)N)cc3F)CS[C@H]12)c1nc(N)sc1Cl)C(=O)O.O=CO. The molecule has 0 aliphatic carbocycles. The number of nitrogens with one attached hydrogen (secondary N) is 1. The molecule has 22 heteroatoms. The smallest absolute Gasteiger partial charge is 0.350 e. The Labute approximate surface area is 317 Å². The maximum Gasteiger partial charge on any atom is 0.350 e. The molecule has 18 nitrogen and oxygen atoms in total. The lowest BCUT2D eigenvalue weighted by atomic mass is 9.89. The molecule has 2 aliphatic rings. The first-order valence-electron chi connectivity index (χ1n) is 15.6. The number of amidine groups is 1.